The third-order valence-electron chi connectivity index (χ3n) is 2.94. The maximum atomic E-state index is 11.9. The van der Waals surface area contributed by atoms with Crippen LogP contribution >= 0.6 is 0 Å². The highest BCUT2D eigenvalue weighted by molar-refractivity contribution is 5.83. The van der Waals surface area contributed by atoms with Gasteiger partial charge < -0.3 is 15.8 Å². The molecule has 0 aliphatic carbocycles. The first-order valence-electron chi connectivity index (χ1n) is 6.30. The van der Waals surface area contributed by atoms with Crippen molar-refractivity contribution in [2.24, 2.45) is 5.73 Å². The number of amides is 1. The molecule has 18 heavy (non-hydrogen) atoms. The third kappa shape index (κ3) is 4.37. The number of carbonyl (C=O) groups is 1. The zero-order chi connectivity index (χ0) is 13.4. The van der Waals surface area contributed by atoms with Crippen molar-refractivity contribution in [1.29, 1.82) is 0 Å². The van der Waals surface area contributed by atoms with Crippen LogP contribution in [0, 0.1) is 0 Å². The maximum absolute atomic E-state index is 11.9. The smallest absolute Gasteiger partial charge is 0.227 e. The summed E-state index contributed by atoms with van der Waals surface area (Å²) < 4.78 is 5.09. The molecule has 1 unspecified atom stereocenters. The van der Waals surface area contributed by atoms with Gasteiger partial charge in [0.15, 0.2) is 0 Å². The summed E-state index contributed by atoms with van der Waals surface area (Å²) in [4.78, 5) is 11.9. The molecule has 0 aromatic heterocycles. The van der Waals surface area contributed by atoms with Crippen LogP contribution in [0.25, 0.3) is 0 Å². The zero-order valence-electron chi connectivity index (χ0n) is 11.1. The molecule has 0 saturated heterocycles. The molecule has 1 aromatic rings. The fourth-order valence-corrected chi connectivity index (χ4v) is 1.68. The average molecular weight is 250 g/mol. The molecule has 0 saturated carbocycles. The van der Waals surface area contributed by atoms with E-state index in [0.29, 0.717) is 13.1 Å². The lowest BCUT2D eigenvalue weighted by Crippen LogP contribution is -2.29. The first kappa shape index (κ1) is 14.5. The highest BCUT2D eigenvalue weighted by Gasteiger charge is 2.14. The molecule has 0 spiro atoms. The van der Waals surface area contributed by atoms with Gasteiger partial charge in [0.05, 0.1) is 13.0 Å². The largest absolute Gasteiger partial charge is 0.497 e. The lowest BCUT2D eigenvalue weighted by molar-refractivity contribution is -0.122. The minimum absolute atomic E-state index is 0.0530. The van der Waals surface area contributed by atoms with E-state index < -0.39 is 0 Å². The third-order valence-corrected chi connectivity index (χ3v) is 2.94. The highest BCUT2D eigenvalue weighted by Crippen LogP contribution is 2.19. The van der Waals surface area contributed by atoms with E-state index >= 15 is 0 Å². The Bertz CT molecular complexity index is 363. The molecule has 1 atom stereocenters. The Morgan fingerprint density at radius 1 is 1.33 bits per heavy atom. The fourth-order valence-electron chi connectivity index (χ4n) is 1.68. The van der Waals surface area contributed by atoms with Gasteiger partial charge in [-0.15, -0.1) is 0 Å². The Kier molecular flexibility index (Phi) is 6.22. The topological polar surface area (TPSA) is 64.3 Å². The summed E-state index contributed by atoms with van der Waals surface area (Å²) in [7, 11) is 1.63. The van der Waals surface area contributed by atoms with Gasteiger partial charge in [0, 0.05) is 6.54 Å². The number of rotatable bonds is 7. The van der Waals surface area contributed by atoms with Gasteiger partial charge in [-0.3, -0.25) is 4.79 Å². The number of hydrogen-bond donors (Lipinski definition) is 2. The molecule has 3 N–H and O–H groups in total. The normalized spacial score (nSPS) is 11.9. The highest BCUT2D eigenvalue weighted by atomic mass is 16.5. The molecule has 4 nitrogen and oxygen atoms in total. The van der Waals surface area contributed by atoms with Gasteiger partial charge in [-0.1, -0.05) is 12.1 Å². The van der Waals surface area contributed by atoms with Gasteiger partial charge in [0.1, 0.15) is 5.75 Å². The van der Waals surface area contributed by atoms with Crippen LogP contribution in [0.1, 0.15) is 31.2 Å². The molecule has 0 heterocycles. The summed E-state index contributed by atoms with van der Waals surface area (Å²) in [6, 6.07) is 7.58. The predicted molar refractivity (Wildman–Crippen MR) is 72.7 cm³/mol. The average Bonchev–Trinajstić information content (AvgIpc) is 2.42. The van der Waals surface area contributed by atoms with Crippen molar-refractivity contribution in [3.8, 4) is 5.75 Å². The van der Waals surface area contributed by atoms with Crippen molar-refractivity contribution in [2.45, 2.75) is 25.7 Å². The molecule has 100 valence electrons. The van der Waals surface area contributed by atoms with Crippen LogP contribution in [-0.4, -0.2) is 26.1 Å². The van der Waals surface area contributed by atoms with E-state index in [4.69, 9.17) is 10.5 Å². The van der Waals surface area contributed by atoms with Crippen LogP contribution in [0.2, 0.25) is 0 Å². The SMILES string of the molecule is COc1ccc(C(C)C(=O)NCCCCN)cc1. The number of nitrogens with two attached hydrogens (primary N) is 1. The molecule has 0 aliphatic heterocycles. The fraction of sp³-hybridized carbons (Fsp3) is 0.500. The van der Waals surface area contributed by atoms with Crippen molar-refractivity contribution in [2.75, 3.05) is 20.2 Å². The molecular formula is C14H22N2O2. The number of benzene rings is 1. The van der Waals surface area contributed by atoms with E-state index in [1.165, 1.54) is 0 Å². The predicted octanol–water partition coefficient (Wildman–Crippen LogP) is 1.65. The molecule has 1 amide bonds. The summed E-state index contributed by atoms with van der Waals surface area (Å²) >= 11 is 0. The summed E-state index contributed by atoms with van der Waals surface area (Å²) in [5.74, 6) is 0.709. The Hall–Kier alpha value is -1.55. The van der Waals surface area contributed by atoms with Crippen molar-refractivity contribution in [3.63, 3.8) is 0 Å². The van der Waals surface area contributed by atoms with Crippen LogP contribution in [0.5, 0.6) is 5.75 Å². The van der Waals surface area contributed by atoms with E-state index in [-0.39, 0.29) is 11.8 Å². The Balaban J connectivity index is 2.46. The minimum Gasteiger partial charge on any atom is -0.497 e. The number of methoxy groups -OCH3 is 1. The van der Waals surface area contributed by atoms with Crippen molar-refractivity contribution in [1.82, 2.24) is 5.32 Å². The van der Waals surface area contributed by atoms with Gasteiger partial charge in [0.25, 0.3) is 0 Å². The molecule has 0 fully saturated rings. The van der Waals surface area contributed by atoms with E-state index in [2.05, 4.69) is 5.32 Å². The summed E-state index contributed by atoms with van der Waals surface area (Å²) in [5.41, 5.74) is 6.39. The summed E-state index contributed by atoms with van der Waals surface area (Å²) in [6.45, 7) is 3.26. The number of unbranched alkanes of at least 4 members (excludes halogenated alkanes) is 1. The second-order valence-electron chi connectivity index (χ2n) is 4.28. The molecule has 1 aromatic carbocycles. The lowest BCUT2D eigenvalue weighted by Gasteiger charge is -2.13. The lowest BCUT2D eigenvalue weighted by atomic mass is 10.0. The first-order chi connectivity index (χ1) is 8.69. The van der Waals surface area contributed by atoms with Gasteiger partial charge >= 0.3 is 0 Å². The quantitative estimate of drug-likeness (QED) is 0.723. The Morgan fingerprint density at radius 3 is 2.56 bits per heavy atom. The van der Waals surface area contributed by atoms with E-state index in [1.807, 2.05) is 31.2 Å². The number of carbonyl (C=O) groups excluding carboxylic acids is 1. The standard InChI is InChI=1S/C14H22N2O2/c1-11(14(17)16-10-4-3-9-15)12-5-7-13(18-2)8-6-12/h5-8,11H,3-4,9-10,15H2,1-2H3,(H,16,17). The maximum Gasteiger partial charge on any atom is 0.227 e. The van der Waals surface area contributed by atoms with Crippen LogP contribution in [0.4, 0.5) is 0 Å². The molecule has 0 aliphatic rings. The van der Waals surface area contributed by atoms with Crippen LogP contribution in [-0.2, 0) is 4.79 Å². The monoisotopic (exact) mass is 250 g/mol. The van der Waals surface area contributed by atoms with Crippen molar-refractivity contribution in [3.05, 3.63) is 29.8 Å². The minimum atomic E-state index is -0.145. The van der Waals surface area contributed by atoms with Gasteiger partial charge in [0.2, 0.25) is 5.91 Å². The van der Waals surface area contributed by atoms with Crippen LogP contribution < -0.4 is 15.8 Å². The number of nitrogens with one attached hydrogen (secondary N) is 1. The molecule has 0 bridgehead atoms. The van der Waals surface area contributed by atoms with E-state index in [0.717, 1.165) is 24.2 Å². The van der Waals surface area contributed by atoms with Gasteiger partial charge in [-0.05, 0) is 44.0 Å². The van der Waals surface area contributed by atoms with Gasteiger partial charge in [-0.25, -0.2) is 0 Å². The van der Waals surface area contributed by atoms with E-state index in [1.54, 1.807) is 7.11 Å². The van der Waals surface area contributed by atoms with Crippen molar-refractivity contribution < 1.29 is 9.53 Å². The second-order valence-corrected chi connectivity index (χ2v) is 4.28. The first-order valence-corrected chi connectivity index (χ1v) is 6.30. The summed E-state index contributed by atoms with van der Waals surface area (Å²) in [5, 5.41) is 2.92. The van der Waals surface area contributed by atoms with Crippen molar-refractivity contribution >= 4 is 5.91 Å². The molecule has 1 rings (SSSR count). The molecule has 4 heteroatoms. The number of ether oxygens (including phenoxy) is 1. The molecular weight excluding hydrogens is 228 g/mol. The summed E-state index contributed by atoms with van der Waals surface area (Å²) in [6.07, 6.45) is 1.87. The van der Waals surface area contributed by atoms with Gasteiger partial charge in [-0.2, -0.15) is 0 Å². The Morgan fingerprint density at radius 2 is 2.00 bits per heavy atom. The zero-order valence-corrected chi connectivity index (χ0v) is 11.1. The number of hydrogen-bond acceptors (Lipinski definition) is 3. The van der Waals surface area contributed by atoms with Crippen LogP contribution in [0.3, 0.4) is 0 Å². The second kappa shape index (κ2) is 7.71. The van der Waals surface area contributed by atoms with Crippen LogP contribution in [0.15, 0.2) is 24.3 Å². The molecule has 0 radical (unpaired) electrons. The van der Waals surface area contributed by atoms with E-state index in [9.17, 15) is 4.79 Å². The Labute approximate surface area is 109 Å².